The van der Waals surface area contributed by atoms with E-state index in [1.54, 1.807) is 27.7 Å². The summed E-state index contributed by atoms with van der Waals surface area (Å²) in [5.41, 5.74) is 2.05. The number of dihydropyridines is 1. The Morgan fingerprint density at radius 3 is 2.11 bits per heavy atom. The molecule has 0 aromatic heterocycles. The van der Waals surface area contributed by atoms with Crippen LogP contribution >= 0.6 is 0 Å². The lowest BCUT2D eigenvalue weighted by molar-refractivity contribution is -0.143. The summed E-state index contributed by atoms with van der Waals surface area (Å²) in [5.74, 6) is -1.76. The number of nitroso groups, excluding NO2 is 1. The van der Waals surface area contributed by atoms with Crippen molar-refractivity contribution in [2.45, 2.75) is 65.5 Å². The molecule has 0 saturated heterocycles. The van der Waals surface area contributed by atoms with E-state index >= 15 is 0 Å². The molecule has 1 heterocycles. The summed E-state index contributed by atoms with van der Waals surface area (Å²) < 4.78 is 10.4. The molecular formula is C20H32N2O6. The summed E-state index contributed by atoms with van der Waals surface area (Å²) >= 11 is 0. The number of rotatable bonds is 5. The van der Waals surface area contributed by atoms with Gasteiger partial charge in [0.15, 0.2) is 0 Å². The Morgan fingerprint density at radius 2 is 1.61 bits per heavy atom. The fraction of sp³-hybridized carbons (Fsp3) is 0.700. The third-order valence-electron chi connectivity index (χ3n) is 5.12. The molecule has 0 bridgehead atoms. The minimum Gasteiger partial charge on any atom is -0.466 e. The molecular weight excluding hydrogens is 364 g/mol. The minimum atomic E-state index is -0.557. The number of carbonyl (C=O) groups is 2. The zero-order valence-corrected chi connectivity index (χ0v) is 17.6. The summed E-state index contributed by atoms with van der Waals surface area (Å²) in [4.78, 5) is 36.8. The molecule has 0 amide bonds. The molecule has 2 aliphatic rings. The standard InChI is InChI=1S/C19H28N2O5.CH4O/c1-10(2)26-19(23)16-12(4)20-11(3)15(18(22)25-5)17(16)13-8-6-7-9-14(13)21-24;1-2/h10,13-14,17,20H,6-9H2,1-5H3;2H,1H3. The quantitative estimate of drug-likeness (QED) is 0.542. The maximum absolute atomic E-state index is 12.8. The first-order valence-corrected chi connectivity index (χ1v) is 9.56. The van der Waals surface area contributed by atoms with Crippen LogP contribution in [-0.2, 0) is 19.1 Å². The van der Waals surface area contributed by atoms with Gasteiger partial charge in [-0.1, -0.05) is 18.0 Å². The molecule has 1 aliphatic carbocycles. The van der Waals surface area contributed by atoms with Gasteiger partial charge >= 0.3 is 11.9 Å². The summed E-state index contributed by atoms with van der Waals surface area (Å²) in [6, 6.07) is -0.436. The average molecular weight is 396 g/mol. The number of ether oxygens (including phenoxy) is 2. The molecule has 3 atom stereocenters. The van der Waals surface area contributed by atoms with Crippen molar-refractivity contribution in [1.29, 1.82) is 0 Å². The maximum atomic E-state index is 12.8. The molecule has 2 N–H and O–H groups in total. The lowest BCUT2D eigenvalue weighted by atomic mass is 9.69. The van der Waals surface area contributed by atoms with Crippen molar-refractivity contribution in [1.82, 2.24) is 5.32 Å². The zero-order chi connectivity index (χ0) is 21.4. The second-order valence-electron chi connectivity index (χ2n) is 7.25. The number of aliphatic hydroxyl groups is 1. The molecule has 1 fully saturated rings. The Balaban J connectivity index is 0.00000190. The molecule has 2 rings (SSSR count). The first kappa shape index (κ1) is 23.8. The molecule has 0 spiro atoms. The van der Waals surface area contributed by atoms with E-state index in [0.29, 0.717) is 29.0 Å². The fourth-order valence-electron chi connectivity index (χ4n) is 4.06. The molecule has 8 nitrogen and oxygen atoms in total. The van der Waals surface area contributed by atoms with E-state index in [1.807, 2.05) is 0 Å². The first-order chi connectivity index (χ1) is 13.3. The molecule has 1 aliphatic heterocycles. The number of allylic oxidation sites excluding steroid dienone is 2. The number of aliphatic hydroxyl groups excluding tert-OH is 1. The summed E-state index contributed by atoms with van der Waals surface area (Å²) in [6.45, 7) is 7.11. The highest BCUT2D eigenvalue weighted by molar-refractivity contribution is 5.98. The number of nitrogens with zero attached hydrogens (tertiary/aromatic N) is 1. The Bertz CT molecular complexity index is 653. The van der Waals surface area contributed by atoms with E-state index in [2.05, 4.69) is 10.5 Å². The second kappa shape index (κ2) is 10.9. The van der Waals surface area contributed by atoms with Crippen LogP contribution in [0.4, 0.5) is 0 Å². The van der Waals surface area contributed by atoms with Crippen LogP contribution in [-0.4, -0.2) is 43.4 Å². The van der Waals surface area contributed by atoms with Gasteiger partial charge in [0, 0.05) is 24.4 Å². The number of carbonyl (C=O) groups excluding carboxylic acids is 2. The highest BCUT2D eigenvalue weighted by Gasteiger charge is 2.45. The van der Waals surface area contributed by atoms with Crippen molar-refractivity contribution in [2.24, 2.45) is 17.0 Å². The largest absolute Gasteiger partial charge is 0.466 e. The SMILES string of the molecule is CO.COC(=O)C1=C(C)NC(C)=C(C(=O)OC(C)C)C1C1CCCCC1N=O. The van der Waals surface area contributed by atoms with Gasteiger partial charge in [-0.15, -0.1) is 0 Å². The third kappa shape index (κ3) is 5.19. The Hall–Kier alpha value is -2.22. The van der Waals surface area contributed by atoms with Crippen molar-refractivity contribution in [3.8, 4) is 0 Å². The molecule has 0 aromatic rings. The Labute approximate surface area is 166 Å². The molecule has 3 unspecified atom stereocenters. The van der Waals surface area contributed by atoms with Crippen LogP contribution in [0.3, 0.4) is 0 Å². The minimum absolute atomic E-state index is 0.225. The van der Waals surface area contributed by atoms with Crippen LogP contribution in [0.25, 0.3) is 0 Å². The molecule has 8 heteroatoms. The third-order valence-corrected chi connectivity index (χ3v) is 5.12. The molecule has 0 aromatic carbocycles. The molecule has 0 radical (unpaired) electrons. The lowest BCUT2D eigenvalue weighted by Crippen LogP contribution is -2.41. The van der Waals surface area contributed by atoms with Gasteiger partial charge in [-0.2, -0.15) is 4.91 Å². The highest BCUT2D eigenvalue weighted by atomic mass is 16.5. The van der Waals surface area contributed by atoms with Crippen LogP contribution in [0.5, 0.6) is 0 Å². The van der Waals surface area contributed by atoms with E-state index in [9.17, 15) is 14.5 Å². The first-order valence-electron chi connectivity index (χ1n) is 9.56. The second-order valence-corrected chi connectivity index (χ2v) is 7.25. The predicted molar refractivity (Wildman–Crippen MR) is 105 cm³/mol. The van der Waals surface area contributed by atoms with E-state index in [1.165, 1.54) is 7.11 Å². The predicted octanol–water partition coefficient (Wildman–Crippen LogP) is 2.81. The Morgan fingerprint density at radius 1 is 1.07 bits per heavy atom. The van der Waals surface area contributed by atoms with Gasteiger partial charge in [0.05, 0.1) is 30.4 Å². The number of hydrogen-bond acceptors (Lipinski definition) is 8. The highest BCUT2D eigenvalue weighted by Crippen LogP contribution is 2.43. The lowest BCUT2D eigenvalue weighted by Gasteiger charge is -2.38. The average Bonchev–Trinajstić information content (AvgIpc) is 2.67. The van der Waals surface area contributed by atoms with Crippen LogP contribution in [0.2, 0.25) is 0 Å². The summed E-state index contributed by atoms with van der Waals surface area (Å²) in [5, 5.41) is 13.4. The van der Waals surface area contributed by atoms with Crippen molar-refractivity contribution in [3.63, 3.8) is 0 Å². The topological polar surface area (TPSA) is 114 Å². The van der Waals surface area contributed by atoms with Crippen molar-refractivity contribution in [2.75, 3.05) is 14.2 Å². The van der Waals surface area contributed by atoms with Crippen LogP contribution in [0.1, 0.15) is 53.4 Å². The number of nitrogens with one attached hydrogen (secondary N) is 1. The van der Waals surface area contributed by atoms with Gasteiger partial charge in [-0.05, 0) is 46.5 Å². The zero-order valence-electron chi connectivity index (χ0n) is 17.6. The van der Waals surface area contributed by atoms with Gasteiger partial charge in [-0.25, -0.2) is 9.59 Å². The summed E-state index contributed by atoms with van der Waals surface area (Å²) in [7, 11) is 2.31. The molecule has 1 saturated carbocycles. The molecule has 158 valence electrons. The van der Waals surface area contributed by atoms with Crippen molar-refractivity contribution >= 4 is 11.9 Å². The van der Waals surface area contributed by atoms with Crippen LogP contribution in [0, 0.1) is 16.7 Å². The van der Waals surface area contributed by atoms with E-state index in [0.717, 1.165) is 26.4 Å². The van der Waals surface area contributed by atoms with E-state index in [4.69, 9.17) is 14.6 Å². The van der Waals surface area contributed by atoms with Crippen LogP contribution in [0.15, 0.2) is 27.7 Å². The fourth-order valence-corrected chi connectivity index (χ4v) is 4.06. The normalized spacial score (nSPS) is 24.8. The Kier molecular flexibility index (Phi) is 9.31. The molecule has 28 heavy (non-hydrogen) atoms. The van der Waals surface area contributed by atoms with Gasteiger partial charge < -0.3 is 19.9 Å². The smallest absolute Gasteiger partial charge is 0.336 e. The van der Waals surface area contributed by atoms with Gasteiger partial charge in [-0.3, -0.25) is 0 Å². The van der Waals surface area contributed by atoms with Gasteiger partial charge in [0.2, 0.25) is 0 Å². The number of esters is 2. The van der Waals surface area contributed by atoms with E-state index in [-0.39, 0.29) is 12.0 Å². The monoisotopic (exact) mass is 396 g/mol. The number of hydrogen-bond donors (Lipinski definition) is 2. The van der Waals surface area contributed by atoms with Crippen molar-refractivity contribution in [3.05, 3.63) is 27.4 Å². The van der Waals surface area contributed by atoms with Gasteiger partial charge in [0.25, 0.3) is 0 Å². The van der Waals surface area contributed by atoms with E-state index < -0.39 is 23.9 Å². The number of methoxy groups -OCH3 is 1. The summed E-state index contributed by atoms with van der Waals surface area (Å²) in [6.07, 6.45) is 2.95. The van der Waals surface area contributed by atoms with Gasteiger partial charge in [0.1, 0.15) is 0 Å². The maximum Gasteiger partial charge on any atom is 0.336 e. The van der Waals surface area contributed by atoms with Crippen molar-refractivity contribution < 1.29 is 24.2 Å². The van der Waals surface area contributed by atoms with Crippen LogP contribution < -0.4 is 5.32 Å².